The summed E-state index contributed by atoms with van der Waals surface area (Å²) in [6.45, 7) is 2.82. The molecule has 0 bridgehead atoms. The Bertz CT molecular complexity index is 137. The molecular formula is C3H8AgO3S. The second-order valence-corrected chi connectivity index (χ2v) is 3.54. The van der Waals surface area contributed by atoms with E-state index >= 15 is 0 Å². The molecule has 0 aromatic carbocycles. The SMILES string of the molecule is CC(C)S(=O)(=O)O.[Ag]. The molecular weight excluding hydrogens is 224 g/mol. The topological polar surface area (TPSA) is 54.4 Å². The van der Waals surface area contributed by atoms with E-state index in [4.69, 9.17) is 4.55 Å². The molecule has 0 rings (SSSR count). The molecule has 0 aliphatic carbocycles. The maximum Gasteiger partial charge on any atom is 0.267 e. The Morgan fingerprint density at radius 1 is 1.38 bits per heavy atom. The molecule has 1 N–H and O–H groups in total. The van der Waals surface area contributed by atoms with E-state index in [9.17, 15) is 8.42 Å². The van der Waals surface area contributed by atoms with E-state index in [0.29, 0.717) is 0 Å². The van der Waals surface area contributed by atoms with Gasteiger partial charge in [-0.2, -0.15) is 8.42 Å². The molecule has 0 saturated heterocycles. The van der Waals surface area contributed by atoms with Gasteiger partial charge in [-0.1, -0.05) is 0 Å². The smallest absolute Gasteiger partial charge is 0.267 e. The molecule has 0 heterocycles. The molecule has 0 spiro atoms. The predicted octanol–water partition coefficient (Wildman–Crippen LogP) is 0.280. The maximum atomic E-state index is 9.89. The van der Waals surface area contributed by atoms with Crippen LogP contribution in [0.4, 0.5) is 0 Å². The fourth-order valence-corrected chi connectivity index (χ4v) is 0. The van der Waals surface area contributed by atoms with E-state index in [0.717, 1.165) is 0 Å². The van der Waals surface area contributed by atoms with Crippen LogP contribution in [-0.4, -0.2) is 18.2 Å². The minimum absolute atomic E-state index is 0. The van der Waals surface area contributed by atoms with Gasteiger partial charge in [0, 0.05) is 22.4 Å². The maximum absolute atomic E-state index is 9.89. The van der Waals surface area contributed by atoms with Gasteiger partial charge in [0.25, 0.3) is 10.1 Å². The predicted molar refractivity (Wildman–Crippen MR) is 26.7 cm³/mol. The molecule has 0 aliphatic heterocycles. The third kappa shape index (κ3) is 4.80. The van der Waals surface area contributed by atoms with E-state index < -0.39 is 15.4 Å². The first kappa shape index (κ1) is 11.4. The molecule has 0 atom stereocenters. The van der Waals surface area contributed by atoms with Crippen molar-refractivity contribution in [1.29, 1.82) is 0 Å². The minimum atomic E-state index is -3.74. The van der Waals surface area contributed by atoms with Crippen molar-refractivity contribution < 1.29 is 35.4 Å². The molecule has 5 heteroatoms. The van der Waals surface area contributed by atoms with Gasteiger partial charge in [-0.3, -0.25) is 4.55 Å². The van der Waals surface area contributed by atoms with E-state index in [2.05, 4.69) is 0 Å². The fourth-order valence-electron chi connectivity index (χ4n) is 0. The minimum Gasteiger partial charge on any atom is -0.285 e. The zero-order valence-electron chi connectivity index (χ0n) is 4.55. The van der Waals surface area contributed by atoms with Crippen molar-refractivity contribution >= 4 is 10.1 Å². The molecule has 0 fully saturated rings. The van der Waals surface area contributed by atoms with Crippen LogP contribution in [0, 0.1) is 0 Å². The fraction of sp³-hybridized carbons (Fsp3) is 1.00. The molecule has 8 heavy (non-hydrogen) atoms. The summed E-state index contributed by atoms with van der Waals surface area (Å²) in [6, 6.07) is 0. The van der Waals surface area contributed by atoms with Crippen LogP contribution in [0.5, 0.6) is 0 Å². The summed E-state index contributed by atoms with van der Waals surface area (Å²) in [7, 11) is -3.74. The quantitative estimate of drug-likeness (QED) is 0.521. The number of hydrogen-bond acceptors (Lipinski definition) is 2. The number of hydrogen-bond donors (Lipinski definition) is 1. The number of rotatable bonds is 1. The first-order valence-corrected chi connectivity index (χ1v) is 3.41. The van der Waals surface area contributed by atoms with Crippen LogP contribution in [0.1, 0.15) is 13.8 Å². The second-order valence-electron chi connectivity index (χ2n) is 1.56. The van der Waals surface area contributed by atoms with Crippen LogP contribution in [0.25, 0.3) is 0 Å². The molecule has 1 radical (unpaired) electrons. The van der Waals surface area contributed by atoms with Gasteiger partial charge in [-0.15, -0.1) is 0 Å². The van der Waals surface area contributed by atoms with Crippen LogP contribution in [0.15, 0.2) is 0 Å². The summed E-state index contributed by atoms with van der Waals surface area (Å²) in [6.07, 6.45) is 0. The summed E-state index contributed by atoms with van der Waals surface area (Å²) in [5, 5.41) is -0.674. The Kier molecular flexibility index (Phi) is 5.20. The Labute approximate surface area is 64.7 Å². The molecule has 0 aromatic heterocycles. The monoisotopic (exact) mass is 231 g/mol. The first-order chi connectivity index (χ1) is 2.94. The van der Waals surface area contributed by atoms with E-state index in [1.54, 1.807) is 0 Å². The largest absolute Gasteiger partial charge is 0.285 e. The zero-order chi connectivity index (χ0) is 6.08. The summed E-state index contributed by atoms with van der Waals surface area (Å²) in [5.74, 6) is 0. The van der Waals surface area contributed by atoms with Crippen LogP contribution < -0.4 is 0 Å². The normalized spacial score (nSPS) is 11.0. The van der Waals surface area contributed by atoms with E-state index in [1.807, 2.05) is 0 Å². The van der Waals surface area contributed by atoms with Gasteiger partial charge >= 0.3 is 0 Å². The van der Waals surface area contributed by atoms with E-state index in [-0.39, 0.29) is 22.4 Å². The van der Waals surface area contributed by atoms with Crippen molar-refractivity contribution in [3.8, 4) is 0 Å². The summed E-state index contributed by atoms with van der Waals surface area (Å²) in [5.41, 5.74) is 0. The Morgan fingerprint density at radius 2 is 1.50 bits per heavy atom. The molecule has 0 aromatic rings. The van der Waals surface area contributed by atoms with Crippen LogP contribution in [0.2, 0.25) is 0 Å². The second kappa shape index (κ2) is 3.63. The van der Waals surface area contributed by atoms with Crippen molar-refractivity contribution in [3.63, 3.8) is 0 Å². The molecule has 3 nitrogen and oxygen atoms in total. The summed E-state index contributed by atoms with van der Waals surface area (Å²) in [4.78, 5) is 0. The van der Waals surface area contributed by atoms with E-state index in [1.165, 1.54) is 13.8 Å². The Morgan fingerprint density at radius 3 is 1.50 bits per heavy atom. The Hall–Kier alpha value is 0.650. The van der Waals surface area contributed by atoms with Gasteiger partial charge in [0.2, 0.25) is 0 Å². The van der Waals surface area contributed by atoms with Gasteiger partial charge in [0.05, 0.1) is 5.25 Å². The van der Waals surface area contributed by atoms with Gasteiger partial charge < -0.3 is 0 Å². The van der Waals surface area contributed by atoms with Crippen molar-refractivity contribution in [2.75, 3.05) is 0 Å². The standard InChI is InChI=1S/C3H8O3S.Ag/c1-3(2)7(4,5)6;/h3H,1-2H3,(H,4,5,6);. The average molecular weight is 232 g/mol. The molecule has 55 valence electrons. The van der Waals surface area contributed by atoms with Gasteiger partial charge in [-0.05, 0) is 13.8 Å². The van der Waals surface area contributed by atoms with Crippen molar-refractivity contribution in [1.82, 2.24) is 0 Å². The van der Waals surface area contributed by atoms with Crippen LogP contribution in [-0.2, 0) is 32.5 Å². The van der Waals surface area contributed by atoms with Gasteiger partial charge in [0.15, 0.2) is 0 Å². The van der Waals surface area contributed by atoms with Crippen molar-refractivity contribution in [2.24, 2.45) is 0 Å². The zero-order valence-corrected chi connectivity index (χ0v) is 6.85. The Balaban J connectivity index is 0. The van der Waals surface area contributed by atoms with Crippen molar-refractivity contribution in [3.05, 3.63) is 0 Å². The third-order valence-corrected chi connectivity index (χ3v) is 1.79. The van der Waals surface area contributed by atoms with Crippen LogP contribution >= 0.6 is 0 Å². The molecule has 0 aliphatic rings. The van der Waals surface area contributed by atoms with Gasteiger partial charge in [0.1, 0.15) is 0 Å². The molecule has 0 saturated carbocycles. The molecule has 0 amide bonds. The van der Waals surface area contributed by atoms with Crippen LogP contribution in [0.3, 0.4) is 0 Å². The molecule has 0 unspecified atom stereocenters. The summed E-state index contributed by atoms with van der Waals surface area (Å²) < 4.78 is 27.8. The first-order valence-electron chi connectivity index (χ1n) is 1.91. The van der Waals surface area contributed by atoms with Crippen molar-refractivity contribution in [2.45, 2.75) is 19.1 Å². The summed E-state index contributed by atoms with van der Waals surface area (Å²) >= 11 is 0. The third-order valence-electron chi connectivity index (χ3n) is 0.596. The van der Waals surface area contributed by atoms with Gasteiger partial charge in [-0.25, -0.2) is 0 Å². The average Bonchev–Trinajstić information content (AvgIpc) is 1.31.